The standard InChI is InChI=1S/C28H43N5O/c1-30-25-6-5-23(18-24(25)26(29-30)28(34)33-7-3-2-4-8-33)31-9-11-32(12-10-31)27-21-14-19-13-20(16-21)17-22(27)15-19/h19-23,27H,2-18H2,1H3/t19?,20?,21?,22?,23-,27?/m0/s1. The highest BCUT2D eigenvalue weighted by atomic mass is 16.2. The first-order valence-corrected chi connectivity index (χ1v) is 14.5. The first-order valence-electron chi connectivity index (χ1n) is 14.5. The molecule has 1 amide bonds. The summed E-state index contributed by atoms with van der Waals surface area (Å²) in [5.74, 6) is 4.32. The first-order chi connectivity index (χ1) is 16.6. The second-order valence-corrected chi connectivity index (χ2v) is 12.6. The molecule has 7 aliphatic rings. The van der Waals surface area contributed by atoms with Crippen molar-refractivity contribution in [1.29, 1.82) is 0 Å². The maximum Gasteiger partial charge on any atom is 0.274 e. The zero-order valence-corrected chi connectivity index (χ0v) is 21.1. The topological polar surface area (TPSA) is 44.6 Å². The minimum Gasteiger partial charge on any atom is -0.337 e. The van der Waals surface area contributed by atoms with Gasteiger partial charge in [-0.05, 0) is 94.3 Å². The van der Waals surface area contributed by atoms with Crippen molar-refractivity contribution in [3.8, 4) is 0 Å². The van der Waals surface area contributed by atoms with Gasteiger partial charge in [-0.25, -0.2) is 0 Å². The summed E-state index contributed by atoms with van der Waals surface area (Å²) in [6.45, 7) is 6.73. The van der Waals surface area contributed by atoms with Gasteiger partial charge < -0.3 is 4.90 Å². The van der Waals surface area contributed by atoms with E-state index in [0.717, 1.165) is 74.2 Å². The average Bonchev–Trinajstić information content (AvgIpc) is 3.19. The van der Waals surface area contributed by atoms with E-state index in [1.54, 1.807) is 6.42 Å². The van der Waals surface area contributed by atoms with Crippen molar-refractivity contribution >= 4 is 5.91 Å². The fourth-order valence-corrected chi connectivity index (χ4v) is 9.39. The number of likely N-dealkylation sites (tertiary alicyclic amines) is 1. The number of aromatic nitrogens is 2. The Morgan fingerprint density at radius 1 is 0.824 bits per heavy atom. The Morgan fingerprint density at radius 2 is 1.47 bits per heavy atom. The summed E-state index contributed by atoms with van der Waals surface area (Å²) >= 11 is 0. The van der Waals surface area contributed by atoms with Gasteiger partial charge in [-0.1, -0.05) is 0 Å². The Labute approximate surface area is 205 Å². The molecule has 2 saturated heterocycles. The van der Waals surface area contributed by atoms with Gasteiger partial charge >= 0.3 is 0 Å². The molecule has 1 aromatic rings. The molecule has 8 rings (SSSR count). The van der Waals surface area contributed by atoms with Gasteiger partial charge in [0.25, 0.3) is 5.91 Å². The summed E-state index contributed by atoms with van der Waals surface area (Å²) in [6, 6.07) is 1.46. The van der Waals surface area contributed by atoms with Crippen LogP contribution >= 0.6 is 0 Å². The van der Waals surface area contributed by atoms with Crippen LogP contribution in [0.3, 0.4) is 0 Å². The predicted molar refractivity (Wildman–Crippen MR) is 133 cm³/mol. The van der Waals surface area contributed by atoms with Gasteiger partial charge in [0.2, 0.25) is 0 Å². The van der Waals surface area contributed by atoms with Crippen molar-refractivity contribution in [3.05, 3.63) is 17.0 Å². The number of carbonyl (C=O) groups is 1. The summed E-state index contributed by atoms with van der Waals surface area (Å²) < 4.78 is 2.01. The van der Waals surface area contributed by atoms with Crippen LogP contribution in [0.5, 0.6) is 0 Å². The monoisotopic (exact) mass is 465 g/mol. The lowest BCUT2D eigenvalue weighted by Crippen LogP contribution is -2.61. The minimum absolute atomic E-state index is 0.184. The van der Waals surface area contributed by atoms with Crippen LogP contribution in [-0.2, 0) is 19.9 Å². The second-order valence-electron chi connectivity index (χ2n) is 12.6. The van der Waals surface area contributed by atoms with Crippen LogP contribution in [-0.4, -0.2) is 81.7 Å². The van der Waals surface area contributed by atoms with E-state index in [9.17, 15) is 4.79 Å². The van der Waals surface area contributed by atoms with Gasteiger partial charge in [-0.2, -0.15) is 5.10 Å². The van der Waals surface area contributed by atoms with Crippen LogP contribution in [0.4, 0.5) is 0 Å². The lowest BCUT2D eigenvalue weighted by atomic mass is 9.54. The number of aryl methyl sites for hydroxylation is 1. The zero-order chi connectivity index (χ0) is 22.8. The van der Waals surface area contributed by atoms with Gasteiger partial charge in [0, 0.05) is 69.7 Å². The molecule has 186 valence electrons. The molecule has 5 aliphatic carbocycles. The van der Waals surface area contributed by atoms with Crippen molar-refractivity contribution in [3.63, 3.8) is 0 Å². The summed E-state index contributed by atoms with van der Waals surface area (Å²) in [7, 11) is 2.04. The number of hydrogen-bond donors (Lipinski definition) is 0. The maximum absolute atomic E-state index is 13.3. The number of nitrogens with zero attached hydrogens (tertiary/aromatic N) is 5. The third kappa shape index (κ3) is 3.66. The zero-order valence-electron chi connectivity index (χ0n) is 21.1. The molecule has 0 spiro atoms. The van der Waals surface area contributed by atoms with E-state index >= 15 is 0 Å². The van der Waals surface area contributed by atoms with Crippen molar-refractivity contribution < 1.29 is 4.79 Å². The van der Waals surface area contributed by atoms with Crippen molar-refractivity contribution in [2.24, 2.45) is 30.7 Å². The molecule has 6 nitrogen and oxygen atoms in total. The number of piperidine rings is 1. The Kier molecular flexibility index (Phi) is 5.54. The van der Waals surface area contributed by atoms with E-state index in [0.29, 0.717) is 6.04 Å². The van der Waals surface area contributed by atoms with Gasteiger partial charge in [0.05, 0.1) is 0 Å². The normalized spacial score (nSPS) is 38.3. The smallest absolute Gasteiger partial charge is 0.274 e. The highest BCUT2D eigenvalue weighted by molar-refractivity contribution is 5.94. The van der Waals surface area contributed by atoms with Gasteiger partial charge in [-0.3, -0.25) is 19.3 Å². The molecule has 2 aliphatic heterocycles. The fourth-order valence-electron chi connectivity index (χ4n) is 9.39. The van der Waals surface area contributed by atoms with Crippen LogP contribution in [0.25, 0.3) is 0 Å². The molecule has 4 saturated carbocycles. The minimum atomic E-state index is 0.184. The van der Waals surface area contributed by atoms with Gasteiger partial charge in [0.1, 0.15) is 0 Å². The van der Waals surface area contributed by atoms with E-state index in [1.165, 1.54) is 76.0 Å². The molecule has 1 atom stereocenters. The second kappa shape index (κ2) is 8.62. The van der Waals surface area contributed by atoms with E-state index in [2.05, 4.69) is 14.7 Å². The Balaban J connectivity index is 1.02. The number of piperazine rings is 1. The molecule has 6 heteroatoms. The summed E-state index contributed by atoms with van der Waals surface area (Å²) in [6.07, 6.45) is 14.5. The van der Waals surface area contributed by atoms with E-state index in [4.69, 9.17) is 5.10 Å². The van der Waals surface area contributed by atoms with Gasteiger partial charge in [0.15, 0.2) is 5.69 Å². The van der Waals surface area contributed by atoms with Crippen LogP contribution < -0.4 is 0 Å². The summed E-state index contributed by atoms with van der Waals surface area (Å²) in [4.78, 5) is 21.1. The van der Waals surface area contributed by atoms with E-state index < -0.39 is 0 Å². The predicted octanol–water partition coefficient (Wildman–Crippen LogP) is 3.35. The van der Waals surface area contributed by atoms with Crippen LogP contribution in [0.1, 0.15) is 79.5 Å². The fraction of sp³-hybridized carbons (Fsp3) is 0.857. The van der Waals surface area contributed by atoms with E-state index in [1.807, 2.05) is 11.7 Å². The third-order valence-corrected chi connectivity index (χ3v) is 10.7. The molecule has 0 unspecified atom stereocenters. The maximum atomic E-state index is 13.3. The van der Waals surface area contributed by atoms with Crippen LogP contribution in [0.2, 0.25) is 0 Å². The quantitative estimate of drug-likeness (QED) is 0.687. The Morgan fingerprint density at radius 3 is 2.15 bits per heavy atom. The lowest BCUT2D eigenvalue weighted by molar-refractivity contribution is -0.0794. The Bertz CT molecular complexity index is 897. The number of fused-ring (bicyclic) bond motifs is 1. The first kappa shape index (κ1) is 21.8. The molecule has 34 heavy (non-hydrogen) atoms. The lowest BCUT2D eigenvalue weighted by Gasteiger charge is -2.58. The molecule has 3 heterocycles. The SMILES string of the molecule is Cn1nc(C(=O)N2CCCCC2)c2c1CC[C@H](N1CCN(C3C4CC5CC(C4)CC3C5)CC1)C2. The summed E-state index contributed by atoms with van der Waals surface area (Å²) in [5, 5.41) is 4.76. The summed E-state index contributed by atoms with van der Waals surface area (Å²) in [5.41, 5.74) is 3.33. The largest absolute Gasteiger partial charge is 0.337 e. The van der Waals surface area contributed by atoms with Crippen molar-refractivity contribution in [2.45, 2.75) is 82.7 Å². The van der Waals surface area contributed by atoms with Crippen LogP contribution in [0, 0.1) is 23.7 Å². The number of hydrogen-bond acceptors (Lipinski definition) is 4. The molecule has 6 fully saturated rings. The molecule has 0 radical (unpaired) electrons. The number of rotatable bonds is 3. The molecule has 4 bridgehead atoms. The molecular weight excluding hydrogens is 422 g/mol. The Hall–Kier alpha value is -1.40. The number of amides is 1. The number of carbonyl (C=O) groups excluding carboxylic acids is 1. The van der Waals surface area contributed by atoms with E-state index in [-0.39, 0.29) is 5.91 Å². The highest BCUT2D eigenvalue weighted by Crippen LogP contribution is 2.55. The third-order valence-electron chi connectivity index (χ3n) is 10.7. The average molecular weight is 466 g/mol. The molecule has 1 aromatic heterocycles. The van der Waals surface area contributed by atoms with Gasteiger partial charge in [-0.15, -0.1) is 0 Å². The molecular formula is C28H43N5O. The van der Waals surface area contributed by atoms with Crippen LogP contribution in [0.15, 0.2) is 0 Å². The molecule has 0 aromatic carbocycles. The van der Waals surface area contributed by atoms with Crippen molar-refractivity contribution in [2.75, 3.05) is 39.3 Å². The highest BCUT2D eigenvalue weighted by Gasteiger charge is 2.50. The molecule has 0 N–H and O–H groups in total. The van der Waals surface area contributed by atoms with Crippen molar-refractivity contribution in [1.82, 2.24) is 24.5 Å².